The molecular formula is C15H17N5. The van der Waals surface area contributed by atoms with Gasteiger partial charge in [-0.1, -0.05) is 12.1 Å². The first-order valence-corrected chi connectivity index (χ1v) is 6.57. The number of imidazole rings is 1. The number of benzene rings is 1. The van der Waals surface area contributed by atoms with E-state index in [2.05, 4.69) is 44.8 Å². The van der Waals surface area contributed by atoms with Crippen LogP contribution >= 0.6 is 0 Å². The molecule has 5 heteroatoms. The molecule has 3 rings (SSSR count). The summed E-state index contributed by atoms with van der Waals surface area (Å²) in [5.74, 6) is 0. The Hall–Kier alpha value is -2.56. The first kappa shape index (κ1) is 12.5. The summed E-state index contributed by atoms with van der Waals surface area (Å²) in [7, 11) is 0. The van der Waals surface area contributed by atoms with Gasteiger partial charge in [0.15, 0.2) is 0 Å². The lowest BCUT2D eigenvalue weighted by Gasteiger charge is -2.08. The summed E-state index contributed by atoms with van der Waals surface area (Å²) in [6, 6.07) is 8.42. The Kier molecular flexibility index (Phi) is 3.25. The molecule has 2 aromatic heterocycles. The third-order valence-electron chi connectivity index (χ3n) is 3.34. The fourth-order valence-corrected chi connectivity index (χ4v) is 2.20. The van der Waals surface area contributed by atoms with E-state index < -0.39 is 0 Å². The van der Waals surface area contributed by atoms with Gasteiger partial charge in [-0.15, -0.1) is 0 Å². The van der Waals surface area contributed by atoms with Gasteiger partial charge in [-0.05, 0) is 31.5 Å². The van der Waals surface area contributed by atoms with Crippen molar-refractivity contribution < 1.29 is 0 Å². The summed E-state index contributed by atoms with van der Waals surface area (Å²) >= 11 is 0. The van der Waals surface area contributed by atoms with Crippen LogP contribution in [0.25, 0.3) is 5.69 Å². The van der Waals surface area contributed by atoms with E-state index >= 15 is 0 Å². The van der Waals surface area contributed by atoms with E-state index in [1.165, 1.54) is 5.56 Å². The quantitative estimate of drug-likeness (QED) is 0.764. The Labute approximate surface area is 117 Å². The second kappa shape index (κ2) is 5.21. The number of aryl methyl sites for hydroxylation is 2. The first-order valence-electron chi connectivity index (χ1n) is 6.57. The minimum absolute atomic E-state index is 0.783. The number of anilines is 1. The van der Waals surface area contributed by atoms with Gasteiger partial charge in [0, 0.05) is 24.6 Å². The average Bonchev–Trinajstić information content (AvgIpc) is 3.09. The molecule has 3 aromatic rings. The van der Waals surface area contributed by atoms with Crippen molar-refractivity contribution in [2.24, 2.45) is 0 Å². The molecule has 0 aliphatic heterocycles. The van der Waals surface area contributed by atoms with E-state index in [0.717, 1.165) is 29.3 Å². The Balaban J connectivity index is 1.70. The zero-order chi connectivity index (χ0) is 13.9. The van der Waals surface area contributed by atoms with Crippen LogP contribution in [0.15, 0.2) is 43.0 Å². The molecule has 1 aromatic carbocycles. The van der Waals surface area contributed by atoms with E-state index in [1.807, 2.05) is 24.6 Å². The summed E-state index contributed by atoms with van der Waals surface area (Å²) in [5.41, 5.74) is 5.49. The van der Waals surface area contributed by atoms with Crippen molar-refractivity contribution in [1.82, 2.24) is 19.7 Å². The molecule has 102 valence electrons. The topological polar surface area (TPSA) is 58.5 Å². The summed E-state index contributed by atoms with van der Waals surface area (Å²) in [6.45, 7) is 4.80. The van der Waals surface area contributed by atoms with Crippen LogP contribution in [-0.2, 0) is 6.54 Å². The lowest BCUT2D eigenvalue weighted by molar-refractivity contribution is 1.02. The largest absolute Gasteiger partial charge is 0.378 e. The molecule has 20 heavy (non-hydrogen) atoms. The molecular weight excluding hydrogens is 250 g/mol. The number of rotatable bonds is 4. The number of hydrogen-bond acceptors (Lipinski definition) is 3. The van der Waals surface area contributed by atoms with Crippen LogP contribution in [0.3, 0.4) is 0 Å². The smallest absolute Gasteiger partial charge is 0.0991 e. The Morgan fingerprint density at radius 3 is 2.60 bits per heavy atom. The van der Waals surface area contributed by atoms with Crippen LogP contribution in [-0.4, -0.2) is 19.7 Å². The number of H-pyrrole nitrogens is 1. The molecule has 0 fully saturated rings. The molecule has 0 aliphatic rings. The molecule has 0 saturated heterocycles. The number of hydrogen-bond donors (Lipinski definition) is 2. The predicted molar refractivity (Wildman–Crippen MR) is 79.0 cm³/mol. The van der Waals surface area contributed by atoms with Crippen molar-refractivity contribution >= 4 is 5.69 Å². The van der Waals surface area contributed by atoms with Crippen LogP contribution in [0.5, 0.6) is 0 Å². The maximum atomic E-state index is 4.18. The second-order valence-electron chi connectivity index (χ2n) is 4.80. The van der Waals surface area contributed by atoms with Gasteiger partial charge in [0.1, 0.15) is 0 Å². The third kappa shape index (κ3) is 2.42. The highest BCUT2D eigenvalue weighted by Crippen LogP contribution is 2.17. The van der Waals surface area contributed by atoms with Gasteiger partial charge >= 0.3 is 0 Å². The highest BCUT2D eigenvalue weighted by Gasteiger charge is 2.05. The third-order valence-corrected chi connectivity index (χ3v) is 3.34. The average molecular weight is 267 g/mol. The molecule has 0 saturated carbocycles. The molecule has 0 radical (unpaired) electrons. The number of nitrogens with one attached hydrogen (secondary N) is 2. The summed E-state index contributed by atoms with van der Waals surface area (Å²) < 4.78 is 1.99. The predicted octanol–water partition coefficient (Wildman–Crippen LogP) is 2.82. The van der Waals surface area contributed by atoms with Crippen molar-refractivity contribution in [2.45, 2.75) is 20.4 Å². The van der Waals surface area contributed by atoms with Gasteiger partial charge < -0.3 is 9.88 Å². The lowest BCUT2D eigenvalue weighted by Crippen LogP contribution is -2.01. The van der Waals surface area contributed by atoms with Crippen molar-refractivity contribution in [3.05, 3.63) is 59.9 Å². The maximum absolute atomic E-state index is 4.18. The lowest BCUT2D eigenvalue weighted by atomic mass is 10.2. The van der Waals surface area contributed by atoms with Crippen molar-refractivity contribution in [1.29, 1.82) is 0 Å². The molecule has 2 heterocycles. The molecule has 0 aliphatic carbocycles. The van der Waals surface area contributed by atoms with Gasteiger partial charge in [0.05, 0.1) is 23.4 Å². The van der Waals surface area contributed by atoms with Crippen molar-refractivity contribution in [2.75, 3.05) is 5.32 Å². The van der Waals surface area contributed by atoms with E-state index in [-0.39, 0.29) is 0 Å². The van der Waals surface area contributed by atoms with Gasteiger partial charge in [-0.2, -0.15) is 5.10 Å². The standard InChI is InChI=1S/C15H17N5/c1-11-15(12(2)19-18-11)17-9-13-3-5-14(6-4-13)20-8-7-16-10-20/h3-8,10,17H,9H2,1-2H3,(H,18,19). The van der Waals surface area contributed by atoms with E-state index in [4.69, 9.17) is 0 Å². The maximum Gasteiger partial charge on any atom is 0.0991 e. The van der Waals surface area contributed by atoms with Crippen LogP contribution in [0.4, 0.5) is 5.69 Å². The zero-order valence-corrected chi connectivity index (χ0v) is 11.6. The zero-order valence-electron chi connectivity index (χ0n) is 11.6. The summed E-state index contributed by atoms with van der Waals surface area (Å²) in [6.07, 6.45) is 5.51. The molecule has 0 unspecified atom stereocenters. The fourth-order valence-electron chi connectivity index (χ4n) is 2.20. The highest BCUT2D eigenvalue weighted by atomic mass is 15.1. The Bertz CT molecular complexity index is 660. The highest BCUT2D eigenvalue weighted by molar-refractivity contribution is 5.51. The number of aromatic amines is 1. The van der Waals surface area contributed by atoms with Gasteiger partial charge in [0.25, 0.3) is 0 Å². The summed E-state index contributed by atoms with van der Waals surface area (Å²) in [5, 5.41) is 10.6. The Morgan fingerprint density at radius 1 is 1.20 bits per heavy atom. The van der Waals surface area contributed by atoms with Crippen LogP contribution in [0.1, 0.15) is 17.0 Å². The van der Waals surface area contributed by atoms with Crippen molar-refractivity contribution in [3.8, 4) is 5.69 Å². The van der Waals surface area contributed by atoms with Gasteiger partial charge in [-0.25, -0.2) is 4.98 Å². The second-order valence-corrected chi connectivity index (χ2v) is 4.80. The van der Waals surface area contributed by atoms with E-state index in [1.54, 1.807) is 12.5 Å². The molecule has 0 amide bonds. The molecule has 0 atom stereocenters. The molecule has 2 N–H and O–H groups in total. The molecule has 5 nitrogen and oxygen atoms in total. The van der Waals surface area contributed by atoms with Gasteiger partial charge in [-0.3, -0.25) is 5.10 Å². The summed E-state index contributed by atoms with van der Waals surface area (Å²) in [4.78, 5) is 4.05. The SMILES string of the molecule is Cc1n[nH]c(C)c1NCc1ccc(-n2ccnc2)cc1. The Morgan fingerprint density at radius 2 is 2.00 bits per heavy atom. The van der Waals surface area contributed by atoms with Crippen LogP contribution in [0.2, 0.25) is 0 Å². The normalized spacial score (nSPS) is 10.7. The first-order chi connectivity index (χ1) is 9.74. The van der Waals surface area contributed by atoms with E-state index in [0.29, 0.717) is 0 Å². The van der Waals surface area contributed by atoms with Crippen LogP contribution in [0, 0.1) is 13.8 Å². The number of nitrogens with zero attached hydrogens (tertiary/aromatic N) is 3. The van der Waals surface area contributed by atoms with Gasteiger partial charge in [0.2, 0.25) is 0 Å². The monoisotopic (exact) mass is 267 g/mol. The minimum atomic E-state index is 0.783. The molecule has 0 bridgehead atoms. The number of aromatic nitrogens is 4. The molecule has 0 spiro atoms. The van der Waals surface area contributed by atoms with Crippen molar-refractivity contribution in [3.63, 3.8) is 0 Å². The van der Waals surface area contributed by atoms with E-state index in [9.17, 15) is 0 Å². The van der Waals surface area contributed by atoms with Crippen LogP contribution < -0.4 is 5.32 Å². The minimum Gasteiger partial charge on any atom is -0.378 e. The fraction of sp³-hybridized carbons (Fsp3) is 0.200.